The fourth-order valence-electron chi connectivity index (χ4n) is 4.11. The van der Waals surface area contributed by atoms with Gasteiger partial charge in [-0.25, -0.2) is 14.8 Å². The molecule has 0 spiro atoms. The van der Waals surface area contributed by atoms with E-state index >= 15 is 0 Å². The summed E-state index contributed by atoms with van der Waals surface area (Å²) in [5.74, 6) is 1.89. The smallest absolute Gasteiger partial charge is 0.311 e. The van der Waals surface area contributed by atoms with Gasteiger partial charge in [0, 0.05) is 17.6 Å². The molecule has 8 nitrogen and oxygen atoms in total. The highest BCUT2D eigenvalue weighted by Crippen LogP contribution is 2.41. The summed E-state index contributed by atoms with van der Waals surface area (Å²) >= 11 is 6.68. The van der Waals surface area contributed by atoms with Crippen LogP contribution >= 0.6 is 11.6 Å². The van der Waals surface area contributed by atoms with E-state index in [2.05, 4.69) is 33.2 Å². The molecule has 0 atom stereocenters. The number of anilines is 1. The minimum atomic E-state index is -0.643. The van der Waals surface area contributed by atoms with E-state index in [4.69, 9.17) is 27.1 Å². The Morgan fingerprint density at radius 2 is 1.69 bits per heavy atom. The normalized spacial score (nSPS) is 15.6. The molecule has 1 aliphatic heterocycles. The van der Waals surface area contributed by atoms with Crippen molar-refractivity contribution in [2.75, 3.05) is 12.8 Å². The lowest BCUT2D eigenvalue weighted by Gasteiger charge is -2.32. The molecule has 4 rings (SSSR count). The highest BCUT2D eigenvalue weighted by Gasteiger charge is 2.35. The standard InChI is InChI=1S/C21H25ClN4O.C2H6N2O.2C2H6/c1-12-24-19(23)17-20(25-12)27-21(2,3)18(26-17)14-9-10-15(16(22)11-14)13-7-5-4-6-8-13;1-4-2(3)5;2*1-2/h9-11,13H,4-8H2,1-3H3,(H2,23,24,25);1H3,(H3,3,4,5);2*1-2H3. The van der Waals surface area contributed by atoms with Crippen molar-refractivity contribution in [2.24, 2.45) is 10.7 Å². The van der Waals surface area contributed by atoms with Crippen LogP contribution < -0.4 is 21.5 Å². The molecule has 1 fully saturated rings. The van der Waals surface area contributed by atoms with E-state index in [1.165, 1.54) is 44.7 Å². The zero-order valence-corrected chi connectivity index (χ0v) is 23.8. The van der Waals surface area contributed by atoms with Crippen LogP contribution in [0.15, 0.2) is 23.2 Å². The Labute approximate surface area is 221 Å². The minimum Gasteiger partial charge on any atom is -0.463 e. The van der Waals surface area contributed by atoms with Crippen molar-refractivity contribution in [1.82, 2.24) is 15.3 Å². The molecule has 36 heavy (non-hydrogen) atoms. The number of amides is 2. The quantitative estimate of drug-likeness (QED) is 0.407. The number of nitrogens with two attached hydrogens (primary N) is 2. The van der Waals surface area contributed by atoms with Crippen LogP contribution in [0.3, 0.4) is 0 Å². The first kappa shape index (κ1) is 31.2. The summed E-state index contributed by atoms with van der Waals surface area (Å²) < 4.78 is 6.13. The van der Waals surface area contributed by atoms with Crippen molar-refractivity contribution >= 4 is 34.8 Å². The van der Waals surface area contributed by atoms with E-state index in [-0.39, 0.29) is 0 Å². The second kappa shape index (κ2) is 14.6. The molecule has 0 saturated heterocycles. The monoisotopic (exact) mass is 518 g/mol. The molecule has 1 aliphatic carbocycles. The Bertz CT molecular complexity index is 1030. The van der Waals surface area contributed by atoms with Crippen molar-refractivity contribution in [3.8, 4) is 5.88 Å². The molecule has 1 aromatic carbocycles. The number of nitrogens with zero attached hydrogens (tertiary/aromatic N) is 3. The average Bonchev–Trinajstić information content (AvgIpc) is 2.86. The summed E-state index contributed by atoms with van der Waals surface area (Å²) in [6.07, 6.45) is 6.33. The van der Waals surface area contributed by atoms with Gasteiger partial charge in [-0.3, -0.25) is 0 Å². The number of nitrogens with one attached hydrogen (secondary N) is 1. The molecule has 2 heterocycles. The Morgan fingerprint density at radius 3 is 2.22 bits per heavy atom. The molecule has 0 unspecified atom stereocenters. The van der Waals surface area contributed by atoms with Crippen LogP contribution in [-0.2, 0) is 0 Å². The van der Waals surface area contributed by atoms with E-state index < -0.39 is 11.6 Å². The van der Waals surface area contributed by atoms with Crippen LogP contribution in [-0.4, -0.2) is 34.4 Å². The third-order valence-corrected chi connectivity index (χ3v) is 6.03. The first-order valence-corrected chi connectivity index (χ1v) is 13.2. The van der Waals surface area contributed by atoms with Gasteiger partial charge in [-0.15, -0.1) is 0 Å². The Morgan fingerprint density at radius 1 is 1.11 bits per heavy atom. The van der Waals surface area contributed by atoms with Gasteiger partial charge in [-0.05, 0) is 51.2 Å². The summed E-state index contributed by atoms with van der Waals surface area (Å²) in [5.41, 5.74) is 13.4. The average molecular weight is 519 g/mol. The SMILES string of the molecule is CC.CC.CNC(N)=O.Cc1nc(N)c2c(n1)OC(C)(C)C(c1ccc(C3CCCCC3)c(Cl)c1)=N2. The molecule has 1 saturated carbocycles. The number of rotatable bonds is 2. The lowest BCUT2D eigenvalue weighted by molar-refractivity contribution is 0.171. The first-order valence-electron chi connectivity index (χ1n) is 12.8. The Balaban J connectivity index is 0.000000634. The maximum Gasteiger partial charge on any atom is 0.311 e. The number of urea groups is 1. The number of aryl methyl sites for hydroxylation is 1. The van der Waals surface area contributed by atoms with Gasteiger partial charge in [0.25, 0.3) is 0 Å². The molecule has 0 bridgehead atoms. The number of hydrogen-bond acceptors (Lipinski definition) is 6. The fraction of sp³-hybridized carbons (Fsp3) is 0.556. The second-order valence-corrected chi connectivity index (χ2v) is 8.98. The van der Waals surface area contributed by atoms with Crippen molar-refractivity contribution < 1.29 is 9.53 Å². The topological polar surface area (TPSA) is 129 Å². The zero-order chi connectivity index (χ0) is 27.5. The Hall–Kier alpha value is -2.87. The predicted molar refractivity (Wildman–Crippen MR) is 151 cm³/mol. The van der Waals surface area contributed by atoms with E-state index in [0.717, 1.165) is 16.3 Å². The number of hydrogen-bond donors (Lipinski definition) is 3. The van der Waals surface area contributed by atoms with Crippen LogP contribution in [0.4, 0.5) is 16.3 Å². The summed E-state index contributed by atoms with van der Waals surface area (Å²) in [6.45, 7) is 13.7. The number of primary amides is 1. The lowest BCUT2D eigenvalue weighted by atomic mass is 9.83. The van der Waals surface area contributed by atoms with E-state index in [1.807, 2.05) is 47.6 Å². The molecule has 2 amide bonds. The Kier molecular flexibility index (Phi) is 12.7. The van der Waals surface area contributed by atoms with Crippen molar-refractivity contribution in [3.05, 3.63) is 40.2 Å². The van der Waals surface area contributed by atoms with Crippen LogP contribution in [0.1, 0.15) is 96.5 Å². The molecule has 5 N–H and O–H groups in total. The number of aromatic nitrogens is 2. The summed E-state index contributed by atoms with van der Waals surface area (Å²) in [5, 5.41) is 2.97. The van der Waals surface area contributed by atoms with Crippen LogP contribution in [0.2, 0.25) is 5.02 Å². The van der Waals surface area contributed by atoms with Crippen LogP contribution in [0.25, 0.3) is 0 Å². The number of carbonyl (C=O) groups excluding carboxylic acids is 1. The maximum absolute atomic E-state index is 9.48. The van der Waals surface area contributed by atoms with Gasteiger partial charge >= 0.3 is 6.03 Å². The maximum atomic E-state index is 9.48. The first-order chi connectivity index (χ1) is 17.1. The zero-order valence-electron chi connectivity index (χ0n) is 23.0. The molecular weight excluding hydrogens is 476 g/mol. The van der Waals surface area contributed by atoms with E-state index in [0.29, 0.717) is 29.1 Å². The molecule has 1 aromatic heterocycles. The van der Waals surface area contributed by atoms with Gasteiger partial charge in [0.1, 0.15) is 11.4 Å². The number of benzene rings is 1. The van der Waals surface area contributed by atoms with Gasteiger partial charge in [-0.2, -0.15) is 4.98 Å². The molecule has 2 aliphatic rings. The fourth-order valence-corrected chi connectivity index (χ4v) is 4.44. The largest absolute Gasteiger partial charge is 0.463 e. The number of fused-ring (bicyclic) bond motifs is 1. The van der Waals surface area contributed by atoms with Crippen LogP contribution in [0, 0.1) is 6.92 Å². The van der Waals surface area contributed by atoms with Crippen molar-refractivity contribution in [3.63, 3.8) is 0 Å². The third-order valence-electron chi connectivity index (χ3n) is 5.70. The van der Waals surface area contributed by atoms with E-state index in [9.17, 15) is 4.79 Å². The number of nitrogen functional groups attached to an aromatic ring is 1. The van der Waals surface area contributed by atoms with Gasteiger partial charge in [0.15, 0.2) is 11.5 Å². The van der Waals surface area contributed by atoms with Gasteiger partial charge in [0.2, 0.25) is 5.88 Å². The molecule has 2 aromatic rings. The number of aliphatic imine (C=N–C) groups is 1. The molecule has 9 heteroatoms. The van der Waals surface area contributed by atoms with Crippen LogP contribution in [0.5, 0.6) is 5.88 Å². The predicted octanol–water partition coefficient (Wildman–Crippen LogP) is 6.70. The van der Waals surface area contributed by atoms with Gasteiger partial charge in [0.05, 0.1) is 5.71 Å². The molecular formula is C27H43ClN6O2. The number of carbonyl (C=O) groups is 1. The summed E-state index contributed by atoms with van der Waals surface area (Å²) in [6, 6.07) is 5.75. The van der Waals surface area contributed by atoms with Gasteiger partial charge in [-0.1, -0.05) is 70.7 Å². The highest BCUT2D eigenvalue weighted by molar-refractivity contribution is 6.32. The summed E-state index contributed by atoms with van der Waals surface area (Å²) in [4.78, 5) is 22.8. The lowest BCUT2D eigenvalue weighted by Crippen LogP contribution is -2.41. The molecule has 0 radical (unpaired) electrons. The van der Waals surface area contributed by atoms with Crippen molar-refractivity contribution in [2.45, 2.75) is 92.1 Å². The second-order valence-electron chi connectivity index (χ2n) is 8.57. The number of ether oxygens (including phenoxy) is 1. The summed E-state index contributed by atoms with van der Waals surface area (Å²) in [7, 11) is 1.47. The van der Waals surface area contributed by atoms with Gasteiger partial charge < -0.3 is 21.5 Å². The third kappa shape index (κ3) is 8.08. The molecule has 200 valence electrons. The minimum absolute atomic E-state index is 0.329. The number of halogens is 1. The van der Waals surface area contributed by atoms with E-state index in [1.54, 1.807) is 6.92 Å². The highest BCUT2D eigenvalue weighted by atomic mass is 35.5. The van der Waals surface area contributed by atoms with Crippen molar-refractivity contribution in [1.29, 1.82) is 0 Å².